The SMILES string of the molecule is O=C(NC1CCCC1)[C@@H](Cc1ccccc1)N(Cc1cccc(Cl)c1)C(=O)Cc1ccc(F)cc1. The largest absolute Gasteiger partial charge is 0.352 e. The third-order valence-corrected chi connectivity index (χ3v) is 6.72. The van der Waals surface area contributed by atoms with Crippen LogP contribution in [-0.4, -0.2) is 28.8 Å². The van der Waals surface area contributed by atoms with Crippen molar-refractivity contribution in [3.05, 3.63) is 106 Å². The lowest BCUT2D eigenvalue weighted by molar-refractivity contribution is -0.141. The van der Waals surface area contributed by atoms with Crippen LogP contribution in [0.2, 0.25) is 5.02 Å². The Kier molecular flexibility index (Phi) is 8.54. The van der Waals surface area contributed by atoms with Crippen LogP contribution in [0.25, 0.3) is 0 Å². The molecule has 0 aliphatic heterocycles. The van der Waals surface area contributed by atoms with E-state index in [0.29, 0.717) is 17.0 Å². The molecular weight excluding hydrogens is 463 g/mol. The van der Waals surface area contributed by atoms with Crippen molar-refractivity contribution in [2.75, 3.05) is 0 Å². The fourth-order valence-corrected chi connectivity index (χ4v) is 4.84. The summed E-state index contributed by atoms with van der Waals surface area (Å²) in [7, 11) is 0. The van der Waals surface area contributed by atoms with Gasteiger partial charge in [0.1, 0.15) is 11.9 Å². The second kappa shape index (κ2) is 12.0. The van der Waals surface area contributed by atoms with E-state index in [-0.39, 0.29) is 36.6 Å². The summed E-state index contributed by atoms with van der Waals surface area (Å²) < 4.78 is 13.4. The highest BCUT2D eigenvalue weighted by Gasteiger charge is 2.32. The molecule has 0 saturated heterocycles. The van der Waals surface area contributed by atoms with Crippen molar-refractivity contribution in [3.63, 3.8) is 0 Å². The minimum Gasteiger partial charge on any atom is -0.352 e. The highest BCUT2D eigenvalue weighted by atomic mass is 35.5. The van der Waals surface area contributed by atoms with Crippen LogP contribution < -0.4 is 5.32 Å². The third kappa shape index (κ3) is 7.15. The van der Waals surface area contributed by atoms with Gasteiger partial charge in [0.15, 0.2) is 0 Å². The van der Waals surface area contributed by atoms with Crippen LogP contribution in [0, 0.1) is 5.82 Å². The summed E-state index contributed by atoms with van der Waals surface area (Å²) in [6, 6.07) is 22.4. The van der Waals surface area contributed by atoms with E-state index in [2.05, 4.69) is 5.32 Å². The van der Waals surface area contributed by atoms with E-state index in [4.69, 9.17) is 11.6 Å². The Labute approximate surface area is 211 Å². The van der Waals surface area contributed by atoms with Gasteiger partial charge in [-0.2, -0.15) is 0 Å². The van der Waals surface area contributed by atoms with E-state index in [1.807, 2.05) is 48.5 Å². The van der Waals surface area contributed by atoms with Crippen molar-refractivity contribution < 1.29 is 14.0 Å². The van der Waals surface area contributed by atoms with Gasteiger partial charge in [-0.3, -0.25) is 9.59 Å². The Hall–Kier alpha value is -3.18. The van der Waals surface area contributed by atoms with Gasteiger partial charge in [0, 0.05) is 24.0 Å². The first-order valence-electron chi connectivity index (χ1n) is 12.1. The zero-order valence-corrected chi connectivity index (χ0v) is 20.4. The van der Waals surface area contributed by atoms with Gasteiger partial charge in [0.2, 0.25) is 11.8 Å². The molecule has 0 unspecified atom stereocenters. The third-order valence-electron chi connectivity index (χ3n) is 6.48. The van der Waals surface area contributed by atoms with E-state index in [1.165, 1.54) is 12.1 Å². The highest BCUT2D eigenvalue weighted by molar-refractivity contribution is 6.30. The molecule has 0 radical (unpaired) electrons. The Morgan fingerprint density at radius 3 is 2.29 bits per heavy atom. The van der Waals surface area contributed by atoms with E-state index in [0.717, 1.165) is 36.8 Å². The number of rotatable bonds is 9. The van der Waals surface area contributed by atoms with Crippen LogP contribution in [0.5, 0.6) is 0 Å². The molecule has 4 nitrogen and oxygen atoms in total. The number of hydrogen-bond donors (Lipinski definition) is 1. The molecule has 182 valence electrons. The zero-order valence-electron chi connectivity index (χ0n) is 19.6. The molecule has 1 aliphatic carbocycles. The number of halogens is 2. The Bertz CT molecular complexity index is 1130. The molecule has 6 heteroatoms. The summed E-state index contributed by atoms with van der Waals surface area (Å²) in [5.74, 6) is -0.691. The van der Waals surface area contributed by atoms with Crippen molar-refractivity contribution in [2.45, 2.75) is 57.2 Å². The van der Waals surface area contributed by atoms with Crippen LogP contribution in [0.3, 0.4) is 0 Å². The minimum atomic E-state index is -0.690. The Morgan fingerprint density at radius 2 is 1.60 bits per heavy atom. The van der Waals surface area contributed by atoms with Gasteiger partial charge in [-0.05, 0) is 53.8 Å². The summed E-state index contributed by atoms with van der Waals surface area (Å²) in [5.41, 5.74) is 2.52. The number of carbonyl (C=O) groups is 2. The second-order valence-electron chi connectivity index (χ2n) is 9.15. The highest BCUT2D eigenvalue weighted by Crippen LogP contribution is 2.21. The van der Waals surface area contributed by atoms with Gasteiger partial charge in [0.25, 0.3) is 0 Å². The molecule has 1 saturated carbocycles. The summed E-state index contributed by atoms with van der Waals surface area (Å²) in [5, 5.41) is 3.77. The van der Waals surface area contributed by atoms with Gasteiger partial charge < -0.3 is 10.2 Å². The van der Waals surface area contributed by atoms with E-state index < -0.39 is 6.04 Å². The van der Waals surface area contributed by atoms with Crippen LogP contribution in [0.1, 0.15) is 42.4 Å². The van der Waals surface area contributed by atoms with Gasteiger partial charge >= 0.3 is 0 Å². The maximum atomic E-state index is 13.7. The molecule has 3 aromatic carbocycles. The average molecular weight is 493 g/mol. The van der Waals surface area contributed by atoms with Gasteiger partial charge in [0.05, 0.1) is 6.42 Å². The minimum absolute atomic E-state index is 0.0723. The fraction of sp³-hybridized carbons (Fsp3) is 0.310. The summed E-state index contributed by atoms with van der Waals surface area (Å²) in [6.45, 7) is 0.246. The lowest BCUT2D eigenvalue weighted by Gasteiger charge is -2.32. The van der Waals surface area contributed by atoms with Crippen LogP contribution in [-0.2, 0) is 29.0 Å². The number of amides is 2. The molecule has 3 aromatic rings. The predicted octanol–water partition coefficient (Wildman–Crippen LogP) is 5.72. The zero-order chi connectivity index (χ0) is 24.6. The Morgan fingerprint density at radius 1 is 0.914 bits per heavy atom. The normalized spacial score (nSPS) is 14.5. The predicted molar refractivity (Wildman–Crippen MR) is 136 cm³/mol. The average Bonchev–Trinajstić information content (AvgIpc) is 3.36. The first-order valence-corrected chi connectivity index (χ1v) is 12.5. The van der Waals surface area contributed by atoms with Crippen molar-refractivity contribution in [2.24, 2.45) is 0 Å². The number of hydrogen-bond acceptors (Lipinski definition) is 2. The van der Waals surface area contributed by atoms with Crippen LogP contribution in [0.15, 0.2) is 78.9 Å². The van der Waals surface area contributed by atoms with Gasteiger partial charge in [-0.15, -0.1) is 0 Å². The molecule has 2 amide bonds. The lowest BCUT2D eigenvalue weighted by atomic mass is 10.0. The van der Waals surface area contributed by atoms with Gasteiger partial charge in [-0.1, -0.05) is 79.0 Å². The molecule has 1 fully saturated rings. The quantitative estimate of drug-likeness (QED) is 0.415. The lowest BCUT2D eigenvalue weighted by Crippen LogP contribution is -2.52. The molecule has 4 rings (SSSR count). The summed E-state index contributed by atoms with van der Waals surface area (Å²) in [6.07, 6.45) is 4.59. The van der Waals surface area contributed by atoms with Crippen molar-refractivity contribution in [1.29, 1.82) is 0 Å². The number of benzene rings is 3. The topological polar surface area (TPSA) is 49.4 Å². The standard InChI is InChI=1S/C29H30ClFN2O2/c30-24-10-6-9-23(17-24)20-33(28(34)19-22-13-15-25(31)16-14-22)27(18-21-7-2-1-3-8-21)29(35)32-26-11-4-5-12-26/h1-3,6-10,13-17,26-27H,4-5,11-12,18-20H2,(H,32,35)/t27-/m1/s1. The molecule has 1 aliphatic rings. The van der Waals surface area contributed by atoms with Crippen molar-refractivity contribution in [1.82, 2.24) is 10.2 Å². The summed E-state index contributed by atoms with van der Waals surface area (Å²) in [4.78, 5) is 28.9. The molecular formula is C29H30ClFN2O2. The molecule has 1 atom stereocenters. The monoisotopic (exact) mass is 492 g/mol. The number of nitrogens with one attached hydrogen (secondary N) is 1. The first kappa shape index (κ1) is 24.9. The molecule has 35 heavy (non-hydrogen) atoms. The van der Waals surface area contributed by atoms with Crippen LogP contribution in [0.4, 0.5) is 4.39 Å². The van der Waals surface area contributed by atoms with Crippen molar-refractivity contribution >= 4 is 23.4 Å². The summed E-state index contributed by atoms with van der Waals surface area (Å²) >= 11 is 6.22. The van der Waals surface area contributed by atoms with E-state index >= 15 is 0 Å². The molecule has 0 spiro atoms. The van der Waals surface area contributed by atoms with E-state index in [9.17, 15) is 14.0 Å². The Balaban J connectivity index is 1.65. The number of nitrogens with zero attached hydrogens (tertiary/aromatic N) is 1. The first-order chi connectivity index (χ1) is 17.0. The van der Waals surface area contributed by atoms with Gasteiger partial charge in [-0.25, -0.2) is 4.39 Å². The van der Waals surface area contributed by atoms with E-state index in [1.54, 1.807) is 23.1 Å². The maximum Gasteiger partial charge on any atom is 0.243 e. The molecule has 0 heterocycles. The van der Waals surface area contributed by atoms with Crippen LogP contribution >= 0.6 is 11.6 Å². The fourth-order valence-electron chi connectivity index (χ4n) is 4.63. The number of carbonyl (C=O) groups excluding carboxylic acids is 2. The van der Waals surface area contributed by atoms with Crippen molar-refractivity contribution in [3.8, 4) is 0 Å². The molecule has 0 aromatic heterocycles. The maximum absolute atomic E-state index is 13.7. The smallest absolute Gasteiger partial charge is 0.243 e. The second-order valence-corrected chi connectivity index (χ2v) is 9.59. The molecule has 0 bridgehead atoms. The molecule has 1 N–H and O–H groups in total.